The van der Waals surface area contributed by atoms with E-state index in [2.05, 4.69) is 32.9 Å². The van der Waals surface area contributed by atoms with E-state index in [4.69, 9.17) is 9.94 Å². The minimum atomic E-state index is 0.170. The Labute approximate surface area is 97.6 Å². The first-order chi connectivity index (χ1) is 7.39. The number of hydrogen-bond acceptors (Lipinski definition) is 3. The van der Waals surface area contributed by atoms with E-state index in [0.717, 1.165) is 10.8 Å². The molecule has 0 aliphatic rings. The normalized spacial score (nSPS) is 11.9. The van der Waals surface area contributed by atoms with Crippen LogP contribution in [0.25, 0.3) is 0 Å². The van der Waals surface area contributed by atoms with E-state index in [1.165, 1.54) is 5.56 Å². The van der Waals surface area contributed by atoms with E-state index in [1.807, 2.05) is 12.1 Å². The Balaban J connectivity index is 2.52. The van der Waals surface area contributed by atoms with Crippen molar-refractivity contribution in [2.75, 3.05) is 20.2 Å². The van der Waals surface area contributed by atoms with E-state index < -0.39 is 0 Å². The van der Waals surface area contributed by atoms with Gasteiger partial charge in [0.25, 0.3) is 0 Å². The Kier molecular flexibility index (Phi) is 4.33. The molecular formula is C13H21NO2. The zero-order valence-electron chi connectivity index (χ0n) is 10.5. The van der Waals surface area contributed by atoms with E-state index in [-0.39, 0.29) is 5.41 Å². The molecule has 0 amide bonds. The zero-order chi connectivity index (χ0) is 12.2. The van der Waals surface area contributed by atoms with Crippen LogP contribution in [0.2, 0.25) is 0 Å². The molecule has 0 saturated carbocycles. The lowest BCUT2D eigenvalue weighted by atomic mass is 9.87. The predicted molar refractivity (Wildman–Crippen MR) is 65.1 cm³/mol. The van der Waals surface area contributed by atoms with Crippen molar-refractivity contribution >= 4 is 0 Å². The van der Waals surface area contributed by atoms with E-state index >= 15 is 0 Å². The van der Waals surface area contributed by atoms with Gasteiger partial charge in [0.05, 0.1) is 6.54 Å². The number of nitrogens with zero attached hydrogens (tertiary/aromatic N) is 1. The summed E-state index contributed by atoms with van der Waals surface area (Å²) in [7, 11) is 1.60. The van der Waals surface area contributed by atoms with Crippen LogP contribution in [-0.2, 0) is 5.41 Å². The van der Waals surface area contributed by atoms with Gasteiger partial charge >= 0.3 is 0 Å². The molecule has 1 aromatic rings. The van der Waals surface area contributed by atoms with Gasteiger partial charge in [-0.05, 0) is 23.1 Å². The van der Waals surface area contributed by atoms with Crippen LogP contribution in [0.3, 0.4) is 0 Å². The third-order valence-electron chi connectivity index (χ3n) is 2.40. The van der Waals surface area contributed by atoms with Gasteiger partial charge in [-0.1, -0.05) is 32.9 Å². The number of hydroxylamine groups is 2. The minimum absolute atomic E-state index is 0.170. The molecule has 90 valence electrons. The van der Waals surface area contributed by atoms with Crippen LogP contribution in [-0.4, -0.2) is 30.5 Å². The summed E-state index contributed by atoms with van der Waals surface area (Å²) in [5.74, 6) is 0.842. The summed E-state index contributed by atoms with van der Waals surface area (Å²) in [6, 6.07) is 8.10. The monoisotopic (exact) mass is 223 g/mol. The largest absolute Gasteiger partial charge is 0.492 e. The summed E-state index contributed by atoms with van der Waals surface area (Å²) < 4.78 is 5.48. The van der Waals surface area contributed by atoms with Crippen molar-refractivity contribution in [3.05, 3.63) is 29.8 Å². The smallest absolute Gasteiger partial charge is 0.119 e. The van der Waals surface area contributed by atoms with Gasteiger partial charge in [-0.15, -0.1) is 0 Å². The Morgan fingerprint density at radius 3 is 2.19 bits per heavy atom. The van der Waals surface area contributed by atoms with E-state index in [9.17, 15) is 0 Å². The molecule has 3 heteroatoms. The quantitative estimate of drug-likeness (QED) is 0.797. The van der Waals surface area contributed by atoms with Crippen LogP contribution in [0.5, 0.6) is 5.75 Å². The Bertz CT molecular complexity index is 312. The van der Waals surface area contributed by atoms with Gasteiger partial charge in [-0.2, -0.15) is 5.06 Å². The second-order valence-electron chi connectivity index (χ2n) is 5.00. The molecule has 0 bridgehead atoms. The highest BCUT2D eigenvalue weighted by atomic mass is 16.5. The standard InChI is InChI=1S/C13H21NO2/c1-13(2,3)11-5-7-12(8-6-11)16-10-9-14(4)15/h5-8,15H,9-10H2,1-4H3. The average molecular weight is 223 g/mol. The summed E-state index contributed by atoms with van der Waals surface area (Å²) >= 11 is 0. The highest BCUT2D eigenvalue weighted by Crippen LogP contribution is 2.24. The van der Waals surface area contributed by atoms with Gasteiger partial charge in [0.2, 0.25) is 0 Å². The van der Waals surface area contributed by atoms with Crippen molar-refractivity contribution in [1.82, 2.24) is 5.06 Å². The second kappa shape index (κ2) is 5.32. The lowest BCUT2D eigenvalue weighted by Gasteiger charge is -2.19. The van der Waals surface area contributed by atoms with Crippen molar-refractivity contribution < 1.29 is 9.94 Å². The Hall–Kier alpha value is -1.06. The van der Waals surface area contributed by atoms with Crippen LogP contribution in [0.1, 0.15) is 26.3 Å². The molecule has 3 nitrogen and oxygen atoms in total. The third kappa shape index (κ3) is 4.21. The molecule has 0 aliphatic carbocycles. The van der Waals surface area contributed by atoms with Gasteiger partial charge in [0, 0.05) is 7.05 Å². The van der Waals surface area contributed by atoms with Crippen LogP contribution in [0.15, 0.2) is 24.3 Å². The van der Waals surface area contributed by atoms with Crippen molar-refractivity contribution in [1.29, 1.82) is 0 Å². The minimum Gasteiger partial charge on any atom is -0.492 e. The van der Waals surface area contributed by atoms with Crippen LogP contribution < -0.4 is 4.74 Å². The summed E-state index contributed by atoms with van der Waals surface area (Å²) in [5.41, 5.74) is 1.46. The molecule has 0 atom stereocenters. The summed E-state index contributed by atoms with van der Waals surface area (Å²) in [5, 5.41) is 10.0. The molecule has 1 aromatic carbocycles. The summed E-state index contributed by atoms with van der Waals surface area (Å²) in [6.07, 6.45) is 0. The first-order valence-electron chi connectivity index (χ1n) is 5.53. The van der Waals surface area contributed by atoms with Gasteiger partial charge < -0.3 is 9.94 Å². The molecule has 0 saturated heterocycles. The van der Waals surface area contributed by atoms with Crippen molar-refractivity contribution in [2.24, 2.45) is 0 Å². The Morgan fingerprint density at radius 1 is 1.19 bits per heavy atom. The molecule has 0 spiro atoms. The van der Waals surface area contributed by atoms with Crippen LogP contribution >= 0.6 is 0 Å². The number of ether oxygens (including phenoxy) is 1. The van der Waals surface area contributed by atoms with Gasteiger partial charge in [-0.3, -0.25) is 0 Å². The first kappa shape index (κ1) is 13.0. The van der Waals surface area contributed by atoms with E-state index in [1.54, 1.807) is 7.05 Å². The van der Waals surface area contributed by atoms with Crippen molar-refractivity contribution in [2.45, 2.75) is 26.2 Å². The second-order valence-corrected chi connectivity index (χ2v) is 5.00. The maximum Gasteiger partial charge on any atom is 0.119 e. The van der Waals surface area contributed by atoms with Crippen molar-refractivity contribution in [3.8, 4) is 5.75 Å². The maximum absolute atomic E-state index is 8.93. The highest BCUT2D eigenvalue weighted by molar-refractivity contribution is 5.31. The zero-order valence-corrected chi connectivity index (χ0v) is 10.5. The number of benzene rings is 1. The topological polar surface area (TPSA) is 32.7 Å². The lowest BCUT2D eigenvalue weighted by Crippen LogP contribution is -2.20. The maximum atomic E-state index is 8.93. The first-order valence-corrected chi connectivity index (χ1v) is 5.53. The SMILES string of the molecule is CN(O)CCOc1ccc(C(C)(C)C)cc1. The molecule has 0 unspecified atom stereocenters. The molecule has 0 radical (unpaired) electrons. The molecule has 1 N–H and O–H groups in total. The third-order valence-corrected chi connectivity index (χ3v) is 2.40. The molecule has 0 fully saturated rings. The Morgan fingerprint density at radius 2 is 1.75 bits per heavy atom. The van der Waals surface area contributed by atoms with Gasteiger partial charge in [-0.25, -0.2) is 0 Å². The molecule has 0 aliphatic heterocycles. The fraction of sp³-hybridized carbons (Fsp3) is 0.538. The van der Waals surface area contributed by atoms with Crippen LogP contribution in [0, 0.1) is 0 Å². The number of hydrogen-bond donors (Lipinski definition) is 1. The molecule has 16 heavy (non-hydrogen) atoms. The van der Waals surface area contributed by atoms with Gasteiger partial charge in [0.1, 0.15) is 12.4 Å². The highest BCUT2D eigenvalue weighted by Gasteiger charge is 2.12. The van der Waals surface area contributed by atoms with E-state index in [0.29, 0.717) is 13.2 Å². The summed E-state index contributed by atoms with van der Waals surface area (Å²) in [6.45, 7) is 7.54. The molecule has 0 heterocycles. The summed E-state index contributed by atoms with van der Waals surface area (Å²) in [4.78, 5) is 0. The fourth-order valence-electron chi connectivity index (χ4n) is 1.35. The molecular weight excluding hydrogens is 202 g/mol. The number of rotatable bonds is 4. The molecule has 0 aromatic heterocycles. The van der Waals surface area contributed by atoms with Crippen LogP contribution in [0.4, 0.5) is 0 Å². The predicted octanol–water partition coefficient (Wildman–Crippen LogP) is 2.68. The average Bonchev–Trinajstić information content (AvgIpc) is 2.16. The fourth-order valence-corrected chi connectivity index (χ4v) is 1.35. The molecule has 1 rings (SSSR count). The lowest BCUT2D eigenvalue weighted by molar-refractivity contribution is -0.0713. The van der Waals surface area contributed by atoms with Crippen molar-refractivity contribution in [3.63, 3.8) is 0 Å². The number of likely N-dealkylation sites (N-methyl/N-ethyl adjacent to an activating group) is 1. The van der Waals surface area contributed by atoms with Gasteiger partial charge in [0.15, 0.2) is 0 Å².